The molecule has 0 bridgehead atoms. The van der Waals surface area contributed by atoms with Crippen molar-refractivity contribution < 1.29 is 19.7 Å². The lowest BCUT2D eigenvalue weighted by Gasteiger charge is -2.46. The second-order valence-corrected chi connectivity index (χ2v) is 8.28. The van der Waals surface area contributed by atoms with Crippen LogP contribution in [0, 0.1) is 0 Å². The second-order valence-electron chi connectivity index (χ2n) is 8.28. The van der Waals surface area contributed by atoms with E-state index in [0.29, 0.717) is 11.4 Å². The lowest BCUT2D eigenvalue weighted by molar-refractivity contribution is 0.0552. The fraction of sp³-hybridized carbons (Fsp3) is 0.250. The number of aromatic hydroxyl groups is 2. The third-order valence-corrected chi connectivity index (χ3v) is 6.48. The summed E-state index contributed by atoms with van der Waals surface area (Å²) in [5.74, 6) is 1.38. The molecule has 154 valence electrons. The molecule has 1 spiro atoms. The number of rotatable bonds is 2. The van der Waals surface area contributed by atoms with Crippen molar-refractivity contribution in [1.82, 2.24) is 4.57 Å². The molecule has 1 unspecified atom stereocenters. The second kappa shape index (κ2) is 5.98. The van der Waals surface area contributed by atoms with Crippen molar-refractivity contribution in [2.75, 3.05) is 19.1 Å². The fourth-order valence-corrected chi connectivity index (χ4v) is 4.77. The molecule has 0 fully saturated rings. The van der Waals surface area contributed by atoms with Crippen LogP contribution in [0.1, 0.15) is 25.0 Å². The predicted octanol–water partition coefficient (Wildman–Crippen LogP) is 4.43. The van der Waals surface area contributed by atoms with Gasteiger partial charge in [0, 0.05) is 30.4 Å². The summed E-state index contributed by atoms with van der Waals surface area (Å²) in [5.41, 5.74) is 2.54. The van der Waals surface area contributed by atoms with Gasteiger partial charge in [0.25, 0.3) is 0 Å². The number of hydrogen-bond acceptors (Lipinski definition) is 5. The van der Waals surface area contributed by atoms with Crippen LogP contribution in [0.25, 0.3) is 11.8 Å². The minimum absolute atomic E-state index is 0.0150. The third kappa shape index (κ3) is 2.19. The van der Waals surface area contributed by atoms with E-state index in [9.17, 15) is 10.2 Å². The van der Waals surface area contributed by atoms with Crippen LogP contribution in [0.5, 0.6) is 23.3 Å². The predicted molar refractivity (Wildman–Crippen MR) is 116 cm³/mol. The summed E-state index contributed by atoms with van der Waals surface area (Å²) in [6.45, 7) is 4.28. The zero-order chi connectivity index (χ0) is 21.3. The number of benzene rings is 2. The van der Waals surface area contributed by atoms with Crippen molar-refractivity contribution >= 4 is 11.8 Å². The molecule has 30 heavy (non-hydrogen) atoms. The first kappa shape index (κ1) is 18.5. The average Bonchev–Trinajstić information content (AvgIpc) is 3.15. The quantitative estimate of drug-likeness (QED) is 0.662. The van der Waals surface area contributed by atoms with E-state index >= 15 is 0 Å². The Labute approximate surface area is 175 Å². The molecule has 1 aromatic heterocycles. The Kier molecular flexibility index (Phi) is 3.69. The molecule has 3 aromatic rings. The van der Waals surface area contributed by atoms with Gasteiger partial charge in [0.2, 0.25) is 5.72 Å². The summed E-state index contributed by atoms with van der Waals surface area (Å²) in [7, 11) is 3.66. The molecule has 0 amide bonds. The van der Waals surface area contributed by atoms with Crippen LogP contribution in [0.3, 0.4) is 0 Å². The van der Waals surface area contributed by atoms with Gasteiger partial charge < -0.3 is 24.6 Å². The van der Waals surface area contributed by atoms with Gasteiger partial charge in [-0.2, -0.15) is 0 Å². The van der Waals surface area contributed by atoms with Gasteiger partial charge in [0.1, 0.15) is 0 Å². The highest BCUT2D eigenvalue weighted by atomic mass is 16.5. The van der Waals surface area contributed by atoms with Gasteiger partial charge in [-0.05, 0) is 55.8 Å². The Morgan fingerprint density at radius 2 is 1.73 bits per heavy atom. The topological polar surface area (TPSA) is 67.1 Å². The van der Waals surface area contributed by atoms with Crippen molar-refractivity contribution in [3.8, 4) is 28.9 Å². The van der Waals surface area contributed by atoms with Gasteiger partial charge in [0.05, 0.1) is 18.2 Å². The number of anilines is 1. The maximum Gasteiger partial charge on any atom is 0.212 e. The number of aromatic nitrogens is 1. The zero-order valence-electron chi connectivity index (χ0n) is 17.4. The average molecular weight is 404 g/mol. The van der Waals surface area contributed by atoms with E-state index in [1.807, 2.05) is 43.4 Å². The van der Waals surface area contributed by atoms with Gasteiger partial charge in [-0.25, -0.2) is 0 Å². The fourth-order valence-electron chi connectivity index (χ4n) is 4.77. The van der Waals surface area contributed by atoms with Crippen molar-refractivity contribution in [1.29, 1.82) is 0 Å². The minimum atomic E-state index is -0.754. The van der Waals surface area contributed by atoms with Crippen molar-refractivity contribution in [3.05, 3.63) is 65.7 Å². The highest BCUT2D eigenvalue weighted by molar-refractivity contribution is 5.74. The zero-order valence-corrected chi connectivity index (χ0v) is 17.4. The van der Waals surface area contributed by atoms with Crippen LogP contribution >= 0.6 is 0 Å². The molecule has 1 atom stereocenters. The van der Waals surface area contributed by atoms with Crippen LogP contribution < -0.4 is 14.4 Å². The smallest absolute Gasteiger partial charge is 0.212 e. The molecule has 3 heterocycles. The normalized spacial score (nSPS) is 20.7. The molecule has 0 saturated heterocycles. The molecule has 2 N–H and O–H groups in total. The molecule has 2 aliphatic heterocycles. The van der Waals surface area contributed by atoms with Gasteiger partial charge in [-0.3, -0.25) is 4.57 Å². The molecule has 5 rings (SSSR count). The number of nitrogens with zero attached hydrogens (tertiary/aromatic N) is 2. The Balaban J connectivity index is 1.66. The molecule has 6 heteroatoms. The Bertz CT molecular complexity index is 1170. The van der Waals surface area contributed by atoms with E-state index in [0.717, 1.165) is 22.6 Å². The maximum atomic E-state index is 10.2. The minimum Gasteiger partial charge on any atom is -0.494 e. The number of ether oxygens (including phenoxy) is 2. The molecule has 0 radical (unpaired) electrons. The summed E-state index contributed by atoms with van der Waals surface area (Å²) in [6, 6.07) is 14.7. The molecule has 2 aromatic carbocycles. The first-order valence-electron chi connectivity index (χ1n) is 9.84. The first-order valence-corrected chi connectivity index (χ1v) is 9.84. The Hall–Kier alpha value is -3.54. The molecule has 0 saturated carbocycles. The first-order chi connectivity index (χ1) is 14.3. The highest BCUT2D eigenvalue weighted by Crippen LogP contribution is 2.55. The number of methoxy groups -OCH3 is 1. The van der Waals surface area contributed by atoms with E-state index in [-0.39, 0.29) is 11.8 Å². The van der Waals surface area contributed by atoms with E-state index in [4.69, 9.17) is 9.47 Å². The highest BCUT2D eigenvalue weighted by Gasteiger charge is 2.58. The van der Waals surface area contributed by atoms with Crippen molar-refractivity contribution in [3.63, 3.8) is 0 Å². The largest absolute Gasteiger partial charge is 0.494 e. The number of hydrogen-bond donors (Lipinski definition) is 2. The van der Waals surface area contributed by atoms with Gasteiger partial charge >= 0.3 is 0 Å². The maximum absolute atomic E-state index is 10.2. The van der Waals surface area contributed by atoms with Crippen molar-refractivity contribution in [2.45, 2.75) is 25.0 Å². The summed E-state index contributed by atoms with van der Waals surface area (Å²) < 4.78 is 13.7. The Morgan fingerprint density at radius 3 is 2.43 bits per heavy atom. The monoisotopic (exact) mass is 404 g/mol. The molecule has 0 aliphatic carbocycles. The van der Waals surface area contributed by atoms with E-state index in [1.165, 1.54) is 16.7 Å². The van der Waals surface area contributed by atoms with Crippen molar-refractivity contribution in [2.24, 2.45) is 0 Å². The number of likely N-dealkylation sites (N-methyl/N-ethyl adjacent to an activating group) is 1. The van der Waals surface area contributed by atoms with Gasteiger partial charge in [0.15, 0.2) is 23.3 Å². The lowest BCUT2D eigenvalue weighted by atomic mass is 9.76. The summed E-state index contributed by atoms with van der Waals surface area (Å²) in [4.78, 5) is 2.13. The number of fused-ring (bicyclic) bond motifs is 2. The van der Waals surface area contributed by atoms with E-state index in [1.54, 1.807) is 7.11 Å². The SMILES string of the molecule is COc1cccc2c1OC1(C=C2)N(C)c2ccc(-n3c(O)ccc3O)cc2C1(C)C. The number of para-hydroxylation sites is 1. The Morgan fingerprint density at radius 1 is 1.00 bits per heavy atom. The van der Waals surface area contributed by atoms with Crippen LogP contribution in [0.2, 0.25) is 0 Å². The lowest BCUT2D eigenvalue weighted by Crippen LogP contribution is -2.58. The molecule has 6 nitrogen and oxygen atoms in total. The van der Waals surface area contributed by atoms with Crippen LogP contribution in [-0.2, 0) is 5.41 Å². The summed E-state index contributed by atoms with van der Waals surface area (Å²) in [5, 5.41) is 20.3. The molecule has 2 aliphatic rings. The van der Waals surface area contributed by atoms with E-state index in [2.05, 4.69) is 30.9 Å². The third-order valence-electron chi connectivity index (χ3n) is 6.48. The van der Waals surface area contributed by atoms with Crippen LogP contribution in [0.4, 0.5) is 5.69 Å². The van der Waals surface area contributed by atoms with Crippen LogP contribution in [0.15, 0.2) is 54.6 Å². The standard InChI is InChI=1S/C24H24N2O4/c1-23(2)17-14-16(26-20(27)10-11-21(26)28)8-9-18(17)25(3)24(23)13-12-15-6-5-7-19(29-4)22(15)30-24/h5-14,27-28H,1-4H3. The van der Waals surface area contributed by atoms with Crippen LogP contribution in [-0.4, -0.2) is 34.7 Å². The van der Waals surface area contributed by atoms with Gasteiger partial charge in [-0.1, -0.05) is 12.1 Å². The van der Waals surface area contributed by atoms with Gasteiger partial charge in [-0.15, -0.1) is 0 Å². The molecular formula is C24H24N2O4. The van der Waals surface area contributed by atoms with E-state index < -0.39 is 11.1 Å². The molecular weight excluding hydrogens is 380 g/mol. The summed E-state index contributed by atoms with van der Waals surface area (Å²) >= 11 is 0. The summed E-state index contributed by atoms with van der Waals surface area (Å²) in [6.07, 6.45) is 4.18.